The predicted octanol–water partition coefficient (Wildman–Crippen LogP) is 3.94. The fraction of sp³-hybridized carbons (Fsp3) is 0.143. The van der Waals surface area contributed by atoms with E-state index in [4.69, 9.17) is 4.74 Å². The average Bonchev–Trinajstić information content (AvgIpc) is 2.61. The number of hydrogen-bond acceptors (Lipinski definition) is 4. The summed E-state index contributed by atoms with van der Waals surface area (Å²) in [5.41, 5.74) is 2.02. The zero-order valence-corrected chi connectivity index (χ0v) is 14.1. The molecule has 126 valence electrons. The first-order valence-corrected chi connectivity index (χ1v) is 7.94. The number of fused-ring (bicyclic) bond motifs is 2. The molecular formula is C21H18O4. The summed E-state index contributed by atoms with van der Waals surface area (Å²) in [6.07, 6.45) is 5.70. The Morgan fingerprint density at radius 1 is 1.08 bits per heavy atom. The lowest BCUT2D eigenvalue weighted by Crippen LogP contribution is -2.22. The fourth-order valence-electron chi connectivity index (χ4n) is 3.19. The van der Waals surface area contributed by atoms with Crippen molar-refractivity contribution in [2.75, 3.05) is 7.11 Å². The summed E-state index contributed by atoms with van der Waals surface area (Å²) >= 11 is 0. The van der Waals surface area contributed by atoms with Crippen molar-refractivity contribution in [3.05, 3.63) is 76.4 Å². The van der Waals surface area contributed by atoms with Crippen LogP contribution in [-0.4, -0.2) is 23.8 Å². The largest absolute Gasteiger partial charge is 0.507 e. The van der Waals surface area contributed by atoms with Gasteiger partial charge in [-0.05, 0) is 31.0 Å². The highest BCUT2D eigenvalue weighted by molar-refractivity contribution is 6.30. The van der Waals surface area contributed by atoms with Gasteiger partial charge >= 0.3 is 0 Å². The first-order valence-electron chi connectivity index (χ1n) is 7.94. The van der Waals surface area contributed by atoms with E-state index >= 15 is 0 Å². The van der Waals surface area contributed by atoms with Gasteiger partial charge in [-0.3, -0.25) is 9.59 Å². The number of ether oxygens (including phenoxy) is 1. The first kappa shape index (κ1) is 16.7. The molecule has 0 spiro atoms. The van der Waals surface area contributed by atoms with Gasteiger partial charge in [-0.15, -0.1) is 6.58 Å². The predicted molar refractivity (Wildman–Crippen MR) is 96.6 cm³/mol. The minimum atomic E-state index is -0.377. The molecule has 0 saturated carbocycles. The summed E-state index contributed by atoms with van der Waals surface area (Å²) in [6.45, 7) is 5.50. The summed E-state index contributed by atoms with van der Waals surface area (Å²) in [4.78, 5) is 26.0. The molecule has 0 heterocycles. The van der Waals surface area contributed by atoms with E-state index in [1.807, 2.05) is 19.1 Å². The van der Waals surface area contributed by atoms with E-state index < -0.39 is 0 Å². The van der Waals surface area contributed by atoms with E-state index in [0.29, 0.717) is 17.7 Å². The van der Waals surface area contributed by atoms with Crippen LogP contribution in [0, 0.1) is 0 Å². The second-order valence-corrected chi connectivity index (χ2v) is 5.76. The van der Waals surface area contributed by atoms with Crippen LogP contribution in [0.5, 0.6) is 11.5 Å². The summed E-state index contributed by atoms with van der Waals surface area (Å²) < 4.78 is 5.42. The molecule has 2 aromatic rings. The van der Waals surface area contributed by atoms with Gasteiger partial charge in [0.15, 0.2) is 11.6 Å². The molecule has 1 aliphatic carbocycles. The quantitative estimate of drug-likeness (QED) is 0.734. The Morgan fingerprint density at radius 3 is 2.36 bits per heavy atom. The molecule has 0 fully saturated rings. The molecule has 1 N–H and O–H groups in total. The van der Waals surface area contributed by atoms with Crippen molar-refractivity contribution in [2.24, 2.45) is 0 Å². The molecule has 0 unspecified atom stereocenters. The Balaban J connectivity index is 2.29. The highest BCUT2D eigenvalue weighted by Crippen LogP contribution is 2.40. The Bertz CT molecular complexity index is 935. The van der Waals surface area contributed by atoms with Crippen molar-refractivity contribution < 1.29 is 19.4 Å². The molecule has 3 rings (SSSR count). The van der Waals surface area contributed by atoms with Crippen LogP contribution >= 0.6 is 0 Å². The minimum absolute atomic E-state index is 0.0534. The van der Waals surface area contributed by atoms with Crippen LogP contribution in [0.25, 0.3) is 6.08 Å². The van der Waals surface area contributed by atoms with Gasteiger partial charge in [0.25, 0.3) is 0 Å². The molecule has 0 radical (unpaired) electrons. The maximum Gasteiger partial charge on any atom is 0.198 e. The number of rotatable bonds is 4. The number of phenols is 1. The van der Waals surface area contributed by atoms with Gasteiger partial charge in [-0.1, -0.05) is 30.4 Å². The Morgan fingerprint density at radius 2 is 1.72 bits per heavy atom. The standard InChI is InChI=1S/C21H18O4/c1-4-6-12-8-10-14-16(18(12)22)19(23)15-11-9-13(7-5-2)21(25-3)17(15)20(14)24/h4-5,7-11,22H,1,6H2,2-3H3/b7-5+. The van der Waals surface area contributed by atoms with E-state index in [-0.39, 0.29) is 39.6 Å². The normalized spacial score (nSPS) is 12.9. The monoisotopic (exact) mass is 334 g/mol. The van der Waals surface area contributed by atoms with Crippen molar-refractivity contribution in [1.82, 2.24) is 0 Å². The highest BCUT2D eigenvalue weighted by Gasteiger charge is 2.35. The van der Waals surface area contributed by atoms with Crippen LogP contribution in [0.4, 0.5) is 0 Å². The van der Waals surface area contributed by atoms with Crippen LogP contribution in [0.3, 0.4) is 0 Å². The number of allylic oxidation sites excluding steroid dienone is 2. The second-order valence-electron chi connectivity index (χ2n) is 5.76. The SMILES string of the molecule is C=CCc1ccc2c(c1O)C(=O)c1ccc(/C=C/C)c(OC)c1C2=O. The third kappa shape index (κ3) is 2.47. The molecule has 25 heavy (non-hydrogen) atoms. The summed E-state index contributed by atoms with van der Waals surface area (Å²) in [5.74, 6) is -0.487. The van der Waals surface area contributed by atoms with E-state index in [2.05, 4.69) is 6.58 Å². The molecule has 0 bridgehead atoms. The van der Waals surface area contributed by atoms with E-state index in [0.717, 1.165) is 5.56 Å². The first-order chi connectivity index (χ1) is 12.0. The van der Waals surface area contributed by atoms with Gasteiger partial charge < -0.3 is 9.84 Å². The number of phenolic OH excluding ortho intramolecular Hbond substituents is 1. The number of carbonyl (C=O) groups excluding carboxylic acids is 2. The average molecular weight is 334 g/mol. The number of carbonyl (C=O) groups is 2. The van der Waals surface area contributed by atoms with Crippen molar-refractivity contribution in [3.63, 3.8) is 0 Å². The van der Waals surface area contributed by atoms with Crippen LogP contribution < -0.4 is 4.74 Å². The smallest absolute Gasteiger partial charge is 0.198 e. The summed E-state index contributed by atoms with van der Waals surface area (Å²) in [7, 11) is 1.47. The molecule has 4 heteroatoms. The van der Waals surface area contributed by atoms with Crippen molar-refractivity contribution >= 4 is 17.6 Å². The number of benzene rings is 2. The molecular weight excluding hydrogens is 316 g/mol. The van der Waals surface area contributed by atoms with Gasteiger partial charge in [0.2, 0.25) is 0 Å². The van der Waals surface area contributed by atoms with Gasteiger partial charge in [0.1, 0.15) is 11.5 Å². The molecule has 0 saturated heterocycles. The van der Waals surface area contributed by atoms with E-state index in [1.54, 1.807) is 30.3 Å². The Hall–Kier alpha value is -3.14. The lowest BCUT2D eigenvalue weighted by Gasteiger charge is -2.22. The lowest BCUT2D eigenvalue weighted by atomic mass is 9.81. The van der Waals surface area contributed by atoms with Crippen LogP contribution in [0.1, 0.15) is 49.9 Å². The van der Waals surface area contributed by atoms with E-state index in [1.165, 1.54) is 7.11 Å². The lowest BCUT2D eigenvalue weighted by molar-refractivity contribution is 0.0974. The fourth-order valence-corrected chi connectivity index (χ4v) is 3.19. The third-order valence-corrected chi connectivity index (χ3v) is 4.31. The number of methoxy groups -OCH3 is 1. The number of hydrogen-bond donors (Lipinski definition) is 1. The molecule has 0 aromatic heterocycles. The van der Waals surface area contributed by atoms with Crippen LogP contribution in [-0.2, 0) is 6.42 Å². The maximum atomic E-state index is 13.0. The van der Waals surface area contributed by atoms with Gasteiger partial charge in [-0.25, -0.2) is 0 Å². The highest BCUT2D eigenvalue weighted by atomic mass is 16.5. The van der Waals surface area contributed by atoms with Gasteiger partial charge in [0, 0.05) is 16.7 Å². The molecule has 1 aliphatic rings. The maximum absolute atomic E-state index is 13.0. The zero-order valence-electron chi connectivity index (χ0n) is 14.1. The van der Waals surface area contributed by atoms with Crippen LogP contribution in [0.2, 0.25) is 0 Å². The summed E-state index contributed by atoms with van der Waals surface area (Å²) in [5, 5.41) is 10.5. The van der Waals surface area contributed by atoms with E-state index in [9.17, 15) is 14.7 Å². The summed E-state index contributed by atoms with van der Waals surface area (Å²) in [6, 6.07) is 6.57. The second kappa shape index (κ2) is 6.40. The van der Waals surface area contributed by atoms with Gasteiger partial charge in [0.05, 0.1) is 18.2 Å². The number of aromatic hydroxyl groups is 1. The zero-order chi connectivity index (χ0) is 18.1. The topological polar surface area (TPSA) is 63.6 Å². The van der Waals surface area contributed by atoms with Crippen molar-refractivity contribution in [2.45, 2.75) is 13.3 Å². The molecule has 2 aromatic carbocycles. The molecule has 4 nitrogen and oxygen atoms in total. The van der Waals surface area contributed by atoms with Crippen LogP contribution in [0.15, 0.2) is 43.0 Å². The van der Waals surface area contributed by atoms with Gasteiger partial charge in [-0.2, -0.15) is 0 Å². The molecule has 0 aliphatic heterocycles. The molecule has 0 atom stereocenters. The number of ketones is 2. The minimum Gasteiger partial charge on any atom is -0.507 e. The van der Waals surface area contributed by atoms with Crippen molar-refractivity contribution in [3.8, 4) is 11.5 Å². The third-order valence-electron chi connectivity index (χ3n) is 4.31. The van der Waals surface area contributed by atoms with Crippen molar-refractivity contribution in [1.29, 1.82) is 0 Å². The Labute approximate surface area is 146 Å². The Kier molecular flexibility index (Phi) is 4.28. The molecule has 0 amide bonds.